The zero-order valence-electron chi connectivity index (χ0n) is 20.7. The molecular formula is C27H21F6N5O2. The summed E-state index contributed by atoms with van der Waals surface area (Å²) < 4.78 is 82.8. The van der Waals surface area contributed by atoms with Gasteiger partial charge in [0.15, 0.2) is 11.6 Å². The van der Waals surface area contributed by atoms with E-state index in [1.165, 1.54) is 29.2 Å². The Morgan fingerprint density at radius 1 is 0.875 bits per heavy atom. The first-order chi connectivity index (χ1) is 19.0. The van der Waals surface area contributed by atoms with E-state index in [1.54, 1.807) is 17.0 Å². The number of carbonyl (C=O) groups is 1. The maximum absolute atomic E-state index is 14.3. The first kappa shape index (κ1) is 27.2. The average Bonchev–Trinajstić information content (AvgIpc) is 2.94. The highest BCUT2D eigenvalue weighted by Gasteiger charge is 2.39. The molecule has 2 aliphatic heterocycles. The number of halogens is 6. The van der Waals surface area contributed by atoms with Gasteiger partial charge in [0.25, 0.3) is 5.91 Å². The van der Waals surface area contributed by atoms with Gasteiger partial charge in [0.1, 0.15) is 5.82 Å². The minimum Gasteiger partial charge on any atom is -0.368 e. The molecule has 3 aromatic carbocycles. The Labute approximate surface area is 224 Å². The average molecular weight is 561 g/mol. The van der Waals surface area contributed by atoms with E-state index in [-0.39, 0.29) is 28.7 Å². The Morgan fingerprint density at radius 3 is 2.17 bits per heavy atom. The van der Waals surface area contributed by atoms with Crippen LogP contribution in [-0.2, 0) is 11.0 Å². The lowest BCUT2D eigenvalue weighted by Crippen LogP contribution is -2.55. The normalized spacial score (nSPS) is 17.4. The van der Waals surface area contributed by atoms with E-state index in [0.29, 0.717) is 26.2 Å². The number of nitrogens with zero attached hydrogens (tertiary/aromatic N) is 5. The molecular weight excluding hydrogens is 540 g/mol. The zero-order chi connectivity index (χ0) is 28.6. The molecule has 0 aliphatic carbocycles. The second-order valence-electron chi connectivity index (χ2n) is 9.31. The molecule has 1 unspecified atom stereocenters. The quantitative estimate of drug-likeness (QED) is 0.281. The fraction of sp³-hybridized carbons (Fsp3) is 0.259. The van der Waals surface area contributed by atoms with Gasteiger partial charge in [-0.2, -0.15) is 13.2 Å². The van der Waals surface area contributed by atoms with Gasteiger partial charge in [-0.15, -0.1) is 4.91 Å². The second-order valence-corrected chi connectivity index (χ2v) is 9.31. The maximum atomic E-state index is 14.3. The molecule has 1 saturated heterocycles. The molecule has 0 radical (unpaired) electrons. The Morgan fingerprint density at radius 2 is 1.52 bits per heavy atom. The van der Waals surface area contributed by atoms with E-state index in [2.05, 4.69) is 10.2 Å². The number of benzene rings is 3. The van der Waals surface area contributed by atoms with Crippen molar-refractivity contribution in [1.82, 2.24) is 4.90 Å². The van der Waals surface area contributed by atoms with Gasteiger partial charge in [0.2, 0.25) is 5.96 Å². The van der Waals surface area contributed by atoms with Crippen molar-refractivity contribution in [2.24, 2.45) is 10.2 Å². The van der Waals surface area contributed by atoms with Gasteiger partial charge in [-0.1, -0.05) is 6.07 Å². The molecule has 0 saturated carbocycles. The number of anilines is 2. The predicted molar refractivity (Wildman–Crippen MR) is 136 cm³/mol. The van der Waals surface area contributed by atoms with E-state index in [1.807, 2.05) is 4.90 Å². The maximum Gasteiger partial charge on any atom is 0.416 e. The van der Waals surface area contributed by atoms with Crippen LogP contribution in [0.2, 0.25) is 0 Å². The minimum atomic E-state index is -4.69. The Kier molecular flexibility index (Phi) is 7.21. The summed E-state index contributed by atoms with van der Waals surface area (Å²) in [6.07, 6.45) is -5.31. The number of hydrogen-bond acceptors (Lipinski definition) is 6. The first-order valence-electron chi connectivity index (χ1n) is 12.2. The van der Waals surface area contributed by atoms with E-state index < -0.39 is 41.7 Å². The molecule has 2 heterocycles. The predicted octanol–water partition coefficient (Wildman–Crippen LogP) is 6.18. The highest BCUT2D eigenvalue weighted by Crippen LogP contribution is 2.43. The molecule has 3 aromatic rings. The molecule has 1 atom stereocenters. The number of rotatable bonds is 4. The van der Waals surface area contributed by atoms with Crippen LogP contribution in [0.1, 0.15) is 23.6 Å². The standard InChI is InChI=1S/C27H21F6N5O2/c28-17-4-6-18(7-5-17)36-8-10-37(11-9-36)26-34-23-14-22(30)21(29)13-20(23)24(15-25(39)35-40)38(26)19-3-1-2-16(12-19)27(31,32)33/h1-7,12-14,24H,8-11,15H2. The number of hydrogen-bond donors (Lipinski definition) is 0. The smallest absolute Gasteiger partial charge is 0.368 e. The zero-order valence-corrected chi connectivity index (χ0v) is 20.7. The molecule has 0 spiro atoms. The van der Waals surface area contributed by atoms with Gasteiger partial charge in [-0.05, 0) is 48.5 Å². The molecule has 2 aliphatic rings. The molecule has 1 amide bonds. The molecule has 7 nitrogen and oxygen atoms in total. The van der Waals surface area contributed by atoms with Crippen molar-refractivity contribution in [2.45, 2.75) is 18.6 Å². The summed E-state index contributed by atoms with van der Waals surface area (Å²) in [5.74, 6) is -3.86. The number of aliphatic imine (C=N–C) groups is 1. The molecule has 5 rings (SSSR count). The SMILES string of the molecule is O=NC(=O)CC1c2cc(F)c(F)cc2N=C(N2CCN(c3ccc(F)cc3)CC2)N1c1cccc(C(F)(F)F)c1. The largest absolute Gasteiger partial charge is 0.416 e. The number of fused-ring (bicyclic) bond motifs is 1. The van der Waals surface area contributed by atoms with Crippen LogP contribution < -0.4 is 9.80 Å². The van der Waals surface area contributed by atoms with Crippen LogP contribution in [-0.4, -0.2) is 42.9 Å². The molecule has 13 heteroatoms. The number of amides is 1. The van der Waals surface area contributed by atoms with E-state index in [4.69, 9.17) is 0 Å². The van der Waals surface area contributed by atoms with Gasteiger partial charge in [0, 0.05) is 54.4 Å². The summed E-state index contributed by atoms with van der Waals surface area (Å²) in [4.78, 5) is 32.8. The van der Waals surface area contributed by atoms with Crippen molar-refractivity contribution in [3.63, 3.8) is 0 Å². The summed E-state index contributed by atoms with van der Waals surface area (Å²) in [6.45, 7) is 1.45. The second kappa shape index (κ2) is 10.6. The van der Waals surface area contributed by atoms with Gasteiger partial charge >= 0.3 is 6.18 Å². The molecule has 0 bridgehead atoms. The number of guanidine groups is 1. The number of piperazine rings is 1. The molecule has 1 fully saturated rings. The first-order valence-corrected chi connectivity index (χ1v) is 12.2. The summed E-state index contributed by atoms with van der Waals surface area (Å²) in [5, 5.41) is 2.42. The van der Waals surface area contributed by atoms with Gasteiger partial charge in [-0.25, -0.2) is 18.2 Å². The van der Waals surface area contributed by atoms with Crippen molar-refractivity contribution >= 4 is 28.9 Å². The summed E-state index contributed by atoms with van der Waals surface area (Å²) in [7, 11) is 0. The summed E-state index contributed by atoms with van der Waals surface area (Å²) >= 11 is 0. The molecule has 0 N–H and O–H groups in total. The fourth-order valence-electron chi connectivity index (χ4n) is 4.93. The number of nitroso groups, excluding NO2 is 1. The Bertz CT molecular complexity index is 1470. The van der Waals surface area contributed by atoms with Crippen LogP contribution in [0.3, 0.4) is 0 Å². The highest BCUT2D eigenvalue weighted by atomic mass is 19.4. The number of carbonyl (C=O) groups excluding carboxylic acids is 1. The lowest BCUT2D eigenvalue weighted by molar-refractivity contribution is -0.137. The van der Waals surface area contributed by atoms with Crippen molar-refractivity contribution in [3.8, 4) is 0 Å². The van der Waals surface area contributed by atoms with Crippen LogP contribution in [0, 0.1) is 22.4 Å². The van der Waals surface area contributed by atoms with Crippen molar-refractivity contribution in [2.75, 3.05) is 36.0 Å². The number of alkyl halides is 3. The molecule has 208 valence electrons. The monoisotopic (exact) mass is 561 g/mol. The third kappa shape index (κ3) is 5.36. The van der Waals surface area contributed by atoms with Gasteiger partial charge < -0.3 is 14.7 Å². The topological polar surface area (TPSA) is 68.6 Å². The van der Waals surface area contributed by atoms with Crippen molar-refractivity contribution < 1.29 is 31.1 Å². The Hall–Kier alpha value is -4.42. The fourth-order valence-corrected chi connectivity index (χ4v) is 4.93. The lowest BCUT2D eigenvalue weighted by atomic mass is 9.96. The minimum absolute atomic E-state index is 0.0157. The van der Waals surface area contributed by atoms with E-state index >= 15 is 0 Å². The third-order valence-electron chi connectivity index (χ3n) is 6.85. The van der Waals surface area contributed by atoms with Crippen molar-refractivity contribution in [3.05, 3.63) is 94.1 Å². The van der Waals surface area contributed by atoms with Crippen molar-refractivity contribution in [1.29, 1.82) is 0 Å². The van der Waals surface area contributed by atoms with Crippen LogP contribution >= 0.6 is 0 Å². The van der Waals surface area contributed by atoms with Gasteiger partial charge in [-0.3, -0.25) is 4.79 Å². The van der Waals surface area contributed by atoms with Crippen LogP contribution in [0.5, 0.6) is 0 Å². The molecule has 0 aromatic heterocycles. The Balaban J connectivity index is 1.59. The van der Waals surface area contributed by atoms with E-state index in [0.717, 1.165) is 30.0 Å². The molecule has 40 heavy (non-hydrogen) atoms. The van der Waals surface area contributed by atoms with Crippen LogP contribution in [0.4, 0.5) is 43.4 Å². The summed E-state index contributed by atoms with van der Waals surface area (Å²) in [6, 6.07) is 10.7. The lowest BCUT2D eigenvalue weighted by Gasteiger charge is -2.45. The third-order valence-corrected chi connectivity index (χ3v) is 6.85. The van der Waals surface area contributed by atoms with Gasteiger partial charge in [0.05, 0.1) is 23.7 Å². The van der Waals surface area contributed by atoms with Crippen LogP contribution in [0.25, 0.3) is 0 Å². The van der Waals surface area contributed by atoms with E-state index in [9.17, 15) is 36.0 Å². The summed E-state index contributed by atoms with van der Waals surface area (Å²) in [5.41, 5.74) is -0.234. The van der Waals surface area contributed by atoms with Crippen LogP contribution in [0.15, 0.2) is 70.8 Å². The highest BCUT2D eigenvalue weighted by molar-refractivity contribution is 6.01.